The third-order valence-corrected chi connectivity index (χ3v) is 7.23. The van der Waals surface area contributed by atoms with Crippen LogP contribution in [-0.4, -0.2) is 9.97 Å². The van der Waals surface area contributed by atoms with E-state index in [1.165, 1.54) is 46.6 Å². The number of para-hydroxylation sites is 3. The minimum atomic E-state index is 0.554. The van der Waals surface area contributed by atoms with Crippen molar-refractivity contribution >= 4 is 32.7 Å². The molecule has 3 nitrogen and oxygen atoms in total. The number of benzene rings is 4. The molecule has 0 unspecified atom stereocenters. The molecule has 0 aliphatic heterocycles. The van der Waals surface area contributed by atoms with Crippen molar-refractivity contribution in [2.75, 3.05) is 0 Å². The highest BCUT2D eigenvalue weighted by atomic mass is 16.5. The lowest BCUT2D eigenvalue weighted by molar-refractivity contribution is 0.309. The van der Waals surface area contributed by atoms with Crippen molar-refractivity contribution in [2.24, 2.45) is 0 Å². The van der Waals surface area contributed by atoms with Gasteiger partial charge in [-0.05, 0) is 55.0 Å². The largest absolute Gasteiger partial charge is 0.487 e. The second kappa shape index (κ2) is 10.9. The predicted octanol–water partition coefficient (Wildman–Crippen LogP) is 8.79. The van der Waals surface area contributed by atoms with E-state index in [0.29, 0.717) is 6.61 Å². The van der Waals surface area contributed by atoms with Crippen LogP contribution in [0.5, 0.6) is 5.75 Å². The van der Waals surface area contributed by atoms with Gasteiger partial charge in [0.05, 0.1) is 0 Å². The van der Waals surface area contributed by atoms with Crippen LogP contribution >= 0.6 is 0 Å². The van der Waals surface area contributed by atoms with Crippen LogP contribution < -0.4 is 4.74 Å². The third kappa shape index (κ3) is 5.22. The molecule has 0 saturated heterocycles. The van der Waals surface area contributed by atoms with E-state index < -0.39 is 0 Å². The number of aryl methyl sites for hydroxylation is 2. The van der Waals surface area contributed by atoms with Gasteiger partial charge in [0.1, 0.15) is 17.9 Å². The van der Waals surface area contributed by atoms with Gasteiger partial charge in [0, 0.05) is 32.9 Å². The number of hydrogen-bond acceptors (Lipinski definition) is 2. The molecule has 184 valence electrons. The van der Waals surface area contributed by atoms with E-state index in [0.717, 1.165) is 47.2 Å². The quantitative estimate of drug-likeness (QED) is 0.197. The summed E-state index contributed by atoms with van der Waals surface area (Å²) in [5.41, 5.74) is 7.22. The maximum Gasteiger partial charge on any atom is 0.146 e. The van der Waals surface area contributed by atoms with Gasteiger partial charge in [-0.1, -0.05) is 97.8 Å². The zero-order valence-corrected chi connectivity index (χ0v) is 21.1. The first-order valence-electron chi connectivity index (χ1n) is 13.4. The second-order valence-corrected chi connectivity index (χ2v) is 9.83. The third-order valence-electron chi connectivity index (χ3n) is 7.23. The Morgan fingerprint density at radius 2 is 1.41 bits per heavy atom. The van der Waals surface area contributed by atoms with Gasteiger partial charge in [-0.25, -0.2) is 4.98 Å². The van der Waals surface area contributed by atoms with Gasteiger partial charge in [-0.2, -0.15) is 0 Å². The molecule has 4 aromatic carbocycles. The van der Waals surface area contributed by atoms with E-state index in [1.54, 1.807) is 0 Å². The van der Waals surface area contributed by atoms with Crippen molar-refractivity contribution in [3.63, 3.8) is 0 Å². The van der Waals surface area contributed by atoms with E-state index in [2.05, 4.69) is 77.8 Å². The smallest absolute Gasteiger partial charge is 0.146 e. The molecule has 0 bridgehead atoms. The Kier molecular flexibility index (Phi) is 6.85. The number of ether oxygens (including phenoxy) is 1. The van der Waals surface area contributed by atoms with Crippen molar-refractivity contribution < 1.29 is 4.74 Å². The first-order chi connectivity index (χ1) is 18.3. The molecular weight excluding hydrogens is 452 g/mol. The van der Waals surface area contributed by atoms with Crippen molar-refractivity contribution in [3.8, 4) is 5.75 Å². The summed E-state index contributed by atoms with van der Waals surface area (Å²) in [7, 11) is 0. The van der Waals surface area contributed by atoms with Crippen molar-refractivity contribution in [1.82, 2.24) is 9.97 Å². The number of hydrogen-bond donors (Lipinski definition) is 1. The van der Waals surface area contributed by atoms with Gasteiger partial charge in [0.15, 0.2) is 0 Å². The molecule has 6 aromatic rings. The number of nitrogens with one attached hydrogen (secondary N) is 1. The lowest BCUT2D eigenvalue weighted by Gasteiger charge is -2.10. The van der Waals surface area contributed by atoms with Gasteiger partial charge in [-0.3, -0.25) is 0 Å². The van der Waals surface area contributed by atoms with Crippen LogP contribution in [0.25, 0.3) is 32.7 Å². The van der Waals surface area contributed by atoms with Crippen LogP contribution in [0.15, 0.2) is 103 Å². The Morgan fingerprint density at radius 3 is 2.32 bits per heavy atom. The highest BCUT2D eigenvalue weighted by molar-refractivity contribution is 6.08. The van der Waals surface area contributed by atoms with Crippen LogP contribution in [0.3, 0.4) is 0 Å². The molecule has 37 heavy (non-hydrogen) atoms. The summed E-state index contributed by atoms with van der Waals surface area (Å²) >= 11 is 0. The van der Waals surface area contributed by atoms with E-state index in [9.17, 15) is 0 Å². The van der Waals surface area contributed by atoms with Gasteiger partial charge >= 0.3 is 0 Å². The van der Waals surface area contributed by atoms with E-state index in [4.69, 9.17) is 9.72 Å². The zero-order valence-electron chi connectivity index (χ0n) is 21.1. The average Bonchev–Trinajstić information content (AvgIpc) is 3.34. The van der Waals surface area contributed by atoms with Crippen molar-refractivity contribution in [3.05, 3.63) is 120 Å². The fourth-order valence-electron chi connectivity index (χ4n) is 5.27. The molecule has 0 saturated carbocycles. The number of pyridine rings is 1. The molecule has 0 aliphatic carbocycles. The number of nitrogens with zero attached hydrogens (tertiary/aromatic N) is 1. The number of H-pyrrole nitrogens is 1. The molecule has 6 rings (SSSR count). The Balaban J connectivity index is 1.03. The molecule has 2 aromatic heterocycles. The minimum absolute atomic E-state index is 0.554. The average molecular weight is 485 g/mol. The summed E-state index contributed by atoms with van der Waals surface area (Å²) in [6.07, 6.45) is 6.92. The lowest BCUT2D eigenvalue weighted by Crippen LogP contribution is -1.98. The molecule has 0 atom stereocenters. The molecule has 2 heterocycles. The van der Waals surface area contributed by atoms with Gasteiger partial charge < -0.3 is 9.72 Å². The first kappa shape index (κ1) is 23.3. The second-order valence-electron chi connectivity index (χ2n) is 9.83. The van der Waals surface area contributed by atoms with E-state index in [1.807, 2.05) is 30.3 Å². The highest BCUT2D eigenvalue weighted by Crippen LogP contribution is 2.29. The van der Waals surface area contributed by atoms with Gasteiger partial charge in [0.25, 0.3) is 0 Å². The topological polar surface area (TPSA) is 37.9 Å². The number of unbranched alkanes of at least 4 members (excludes halogenated alkanes) is 3. The minimum Gasteiger partial charge on any atom is -0.487 e. The standard InChI is InChI=1S/C34H32N2O/c1(6-14-26-15-10-19-30-29-18-8-9-20-31(29)36-33(26)30)2-7-17-28-23-22-27-16-11-21-32(34(27)35-28)37-24-25-12-4-3-5-13-25/h3-5,8-13,15-16,18-23,36H,1-2,6-7,14,17,24H2. The van der Waals surface area contributed by atoms with E-state index in [-0.39, 0.29) is 0 Å². The van der Waals surface area contributed by atoms with Crippen LogP contribution in [-0.2, 0) is 19.4 Å². The van der Waals surface area contributed by atoms with Crippen LogP contribution in [0, 0.1) is 0 Å². The van der Waals surface area contributed by atoms with Gasteiger partial charge in [-0.15, -0.1) is 0 Å². The SMILES string of the molecule is c1ccc(COc2cccc3ccc(CCCCCCc4cccc5c4[nH]c4ccccc45)nc23)cc1. The molecule has 3 heteroatoms. The maximum atomic E-state index is 6.14. The van der Waals surface area contributed by atoms with Crippen LogP contribution in [0.2, 0.25) is 0 Å². The summed E-state index contributed by atoms with van der Waals surface area (Å²) in [6.45, 7) is 0.554. The summed E-state index contributed by atoms with van der Waals surface area (Å²) in [4.78, 5) is 8.62. The number of aromatic nitrogens is 2. The van der Waals surface area contributed by atoms with Crippen LogP contribution in [0.4, 0.5) is 0 Å². The molecule has 0 aliphatic rings. The number of rotatable bonds is 10. The van der Waals surface area contributed by atoms with E-state index >= 15 is 0 Å². The number of aromatic amines is 1. The Bertz CT molecular complexity index is 1630. The lowest BCUT2D eigenvalue weighted by atomic mass is 10.0. The monoisotopic (exact) mass is 484 g/mol. The highest BCUT2D eigenvalue weighted by Gasteiger charge is 2.08. The normalized spacial score (nSPS) is 11.5. The Hall–Kier alpha value is -4.11. The molecular formula is C34H32N2O. The van der Waals surface area contributed by atoms with Crippen molar-refractivity contribution in [1.29, 1.82) is 0 Å². The Labute approximate surface area is 218 Å². The molecule has 0 radical (unpaired) electrons. The Morgan fingerprint density at radius 1 is 0.622 bits per heavy atom. The maximum absolute atomic E-state index is 6.14. The molecule has 0 fully saturated rings. The van der Waals surface area contributed by atoms with Gasteiger partial charge in [0.2, 0.25) is 0 Å². The first-order valence-corrected chi connectivity index (χ1v) is 13.4. The summed E-state index contributed by atoms with van der Waals surface area (Å²) in [5.74, 6) is 0.856. The predicted molar refractivity (Wildman–Crippen MR) is 154 cm³/mol. The summed E-state index contributed by atoms with van der Waals surface area (Å²) in [5, 5.41) is 3.78. The number of fused-ring (bicyclic) bond motifs is 4. The van der Waals surface area contributed by atoms with Crippen molar-refractivity contribution in [2.45, 2.75) is 45.1 Å². The molecule has 0 spiro atoms. The zero-order chi connectivity index (χ0) is 24.9. The molecule has 0 amide bonds. The summed E-state index contributed by atoms with van der Waals surface area (Å²) < 4.78 is 6.14. The fourth-order valence-corrected chi connectivity index (χ4v) is 5.27. The fraction of sp³-hybridized carbons (Fsp3) is 0.206. The summed E-state index contributed by atoms with van der Waals surface area (Å²) in [6, 6.07) is 36.1. The molecule has 1 N–H and O–H groups in total. The van der Waals surface area contributed by atoms with Crippen LogP contribution in [0.1, 0.15) is 42.5 Å².